The van der Waals surface area contributed by atoms with Gasteiger partial charge in [0.2, 0.25) is 5.95 Å². The van der Waals surface area contributed by atoms with Crippen molar-refractivity contribution in [3.8, 4) is 5.75 Å². The van der Waals surface area contributed by atoms with Crippen LogP contribution in [-0.2, 0) is 6.54 Å². The lowest BCUT2D eigenvalue weighted by atomic mass is 10.2. The van der Waals surface area contributed by atoms with E-state index in [1.165, 1.54) is 0 Å². The van der Waals surface area contributed by atoms with Crippen molar-refractivity contribution in [3.05, 3.63) is 41.6 Å². The second-order valence-electron chi connectivity index (χ2n) is 4.39. The molecule has 19 heavy (non-hydrogen) atoms. The molecule has 1 heterocycles. The van der Waals surface area contributed by atoms with Crippen molar-refractivity contribution >= 4 is 11.8 Å². The van der Waals surface area contributed by atoms with Gasteiger partial charge in [0.25, 0.3) is 0 Å². The fourth-order valence-electron chi connectivity index (χ4n) is 1.94. The second kappa shape index (κ2) is 5.56. The Morgan fingerprint density at radius 1 is 1.26 bits per heavy atom. The topological polar surface area (TPSA) is 64.3 Å². The number of methoxy groups -OCH3 is 1. The number of nitrogens with zero attached hydrogens (tertiary/aromatic N) is 3. The van der Waals surface area contributed by atoms with Gasteiger partial charge in [0, 0.05) is 30.9 Å². The number of anilines is 2. The van der Waals surface area contributed by atoms with E-state index in [4.69, 9.17) is 10.5 Å². The van der Waals surface area contributed by atoms with Crippen molar-refractivity contribution < 1.29 is 4.74 Å². The molecule has 0 bridgehead atoms. The van der Waals surface area contributed by atoms with Crippen LogP contribution in [0.5, 0.6) is 5.75 Å². The maximum atomic E-state index is 5.67. The fraction of sp³-hybridized carbons (Fsp3) is 0.286. The molecule has 0 fully saturated rings. The second-order valence-corrected chi connectivity index (χ2v) is 4.39. The molecule has 5 heteroatoms. The number of nitrogens with two attached hydrogens (primary N) is 1. The number of benzene rings is 1. The average molecular weight is 258 g/mol. The number of hydrogen-bond acceptors (Lipinski definition) is 5. The van der Waals surface area contributed by atoms with Gasteiger partial charge in [0.1, 0.15) is 11.6 Å². The van der Waals surface area contributed by atoms with Gasteiger partial charge < -0.3 is 15.4 Å². The molecule has 0 saturated heterocycles. The predicted octanol–water partition coefficient (Wildman–Crippen LogP) is 2.01. The van der Waals surface area contributed by atoms with Crippen molar-refractivity contribution in [2.45, 2.75) is 13.5 Å². The highest BCUT2D eigenvalue weighted by atomic mass is 16.5. The molecular formula is C14H18N4O. The summed E-state index contributed by atoms with van der Waals surface area (Å²) in [6.07, 6.45) is 0. The molecule has 1 aromatic heterocycles. The summed E-state index contributed by atoms with van der Waals surface area (Å²) in [6.45, 7) is 2.60. The molecule has 2 aromatic rings. The van der Waals surface area contributed by atoms with E-state index in [-0.39, 0.29) is 0 Å². The van der Waals surface area contributed by atoms with Crippen LogP contribution >= 0.6 is 0 Å². The summed E-state index contributed by atoms with van der Waals surface area (Å²) >= 11 is 0. The van der Waals surface area contributed by atoms with E-state index in [2.05, 4.69) is 9.97 Å². The van der Waals surface area contributed by atoms with Gasteiger partial charge in [0.05, 0.1) is 7.11 Å². The summed E-state index contributed by atoms with van der Waals surface area (Å²) in [7, 11) is 3.64. The Morgan fingerprint density at radius 3 is 2.68 bits per heavy atom. The van der Waals surface area contributed by atoms with E-state index in [1.807, 2.05) is 49.2 Å². The zero-order valence-electron chi connectivity index (χ0n) is 11.4. The Labute approximate surface area is 113 Å². The van der Waals surface area contributed by atoms with Crippen molar-refractivity contribution in [2.24, 2.45) is 0 Å². The third-order valence-corrected chi connectivity index (χ3v) is 2.85. The van der Waals surface area contributed by atoms with Crippen LogP contribution in [0.3, 0.4) is 0 Å². The number of para-hydroxylation sites is 1. The van der Waals surface area contributed by atoms with Crippen LogP contribution in [0.15, 0.2) is 30.3 Å². The third-order valence-electron chi connectivity index (χ3n) is 2.85. The third kappa shape index (κ3) is 3.13. The number of aromatic nitrogens is 2. The van der Waals surface area contributed by atoms with Gasteiger partial charge in [-0.25, -0.2) is 4.98 Å². The molecule has 0 amide bonds. The summed E-state index contributed by atoms with van der Waals surface area (Å²) in [5, 5.41) is 0. The highest BCUT2D eigenvalue weighted by Gasteiger charge is 2.09. The molecule has 2 N–H and O–H groups in total. The van der Waals surface area contributed by atoms with E-state index >= 15 is 0 Å². The first-order valence-electron chi connectivity index (χ1n) is 6.04. The zero-order chi connectivity index (χ0) is 13.8. The Hall–Kier alpha value is -2.30. The van der Waals surface area contributed by atoms with E-state index in [1.54, 1.807) is 7.11 Å². The molecule has 0 spiro atoms. The van der Waals surface area contributed by atoms with E-state index in [0.29, 0.717) is 12.5 Å². The first-order chi connectivity index (χ1) is 9.10. The van der Waals surface area contributed by atoms with Crippen molar-refractivity contribution in [2.75, 3.05) is 24.8 Å². The first kappa shape index (κ1) is 13.1. The number of hydrogen-bond donors (Lipinski definition) is 1. The molecule has 1 aromatic carbocycles. The summed E-state index contributed by atoms with van der Waals surface area (Å²) < 4.78 is 5.35. The number of ether oxygens (including phenoxy) is 1. The quantitative estimate of drug-likeness (QED) is 0.908. The fourth-order valence-corrected chi connectivity index (χ4v) is 1.94. The molecule has 0 atom stereocenters. The van der Waals surface area contributed by atoms with Gasteiger partial charge in [-0.1, -0.05) is 18.2 Å². The lowest BCUT2D eigenvalue weighted by Gasteiger charge is -2.20. The molecule has 0 aliphatic heterocycles. The molecular weight excluding hydrogens is 240 g/mol. The monoisotopic (exact) mass is 258 g/mol. The highest BCUT2D eigenvalue weighted by Crippen LogP contribution is 2.21. The molecule has 0 radical (unpaired) electrons. The van der Waals surface area contributed by atoms with Crippen molar-refractivity contribution in [1.82, 2.24) is 9.97 Å². The lowest BCUT2D eigenvalue weighted by Crippen LogP contribution is -2.19. The van der Waals surface area contributed by atoms with Gasteiger partial charge in [-0.3, -0.25) is 0 Å². The summed E-state index contributed by atoms with van der Waals surface area (Å²) in [5.41, 5.74) is 7.63. The van der Waals surface area contributed by atoms with E-state index < -0.39 is 0 Å². The molecule has 0 saturated carbocycles. The maximum Gasteiger partial charge on any atom is 0.222 e. The normalized spacial score (nSPS) is 10.3. The minimum Gasteiger partial charge on any atom is -0.496 e. The lowest BCUT2D eigenvalue weighted by molar-refractivity contribution is 0.409. The number of rotatable bonds is 4. The minimum atomic E-state index is 0.293. The summed E-state index contributed by atoms with van der Waals surface area (Å²) in [6, 6.07) is 9.84. The first-order valence-corrected chi connectivity index (χ1v) is 6.04. The Morgan fingerprint density at radius 2 is 2.00 bits per heavy atom. The van der Waals surface area contributed by atoms with Gasteiger partial charge in [0.15, 0.2) is 0 Å². The number of aryl methyl sites for hydroxylation is 1. The average Bonchev–Trinajstić information content (AvgIpc) is 2.38. The van der Waals surface area contributed by atoms with Gasteiger partial charge in [-0.15, -0.1) is 0 Å². The molecule has 0 aliphatic rings. The van der Waals surface area contributed by atoms with Crippen molar-refractivity contribution in [3.63, 3.8) is 0 Å². The predicted molar refractivity (Wildman–Crippen MR) is 76.3 cm³/mol. The summed E-state index contributed by atoms with van der Waals surface area (Å²) in [4.78, 5) is 10.3. The highest BCUT2D eigenvalue weighted by molar-refractivity contribution is 5.45. The van der Waals surface area contributed by atoms with E-state index in [0.717, 1.165) is 22.8 Å². The molecule has 5 nitrogen and oxygen atoms in total. The van der Waals surface area contributed by atoms with Crippen LogP contribution in [-0.4, -0.2) is 24.1 Å². The Bertz CT molecular complexity index is 551. The zero-order valence-corrected chi connectivity index (χ0v) is 11.4. The van der Waals surface area contributed by atoms with Crippen LogP contribution in [0.1, 0.15) is 11.3 Å². The Balaban J connectivity index is 2.22. The molecule has 2 rings (SSSR count). The molecule has 0 unspecified atom stereocenters. The van der Waals surface area contributed by atoms with Crippen molar-refractivity contribution in [1.29, 1.82) is 0 Å². The molecule has 0 aliphatic carbocycles. The van der Waals surface area contributed by atoms with Crippen LogP contribution in [0.4, 0.5) is 11.8 Å². The summed E-state index contributed by atoms with van der Waals surface area (Å²) in [5.74, 6) is 1.96. The van der Waals surface area contributed by atoms with Crippen LogP contribution in [0.25, 0.3) is 0 Å². The smallest absolute Gasteiger partial charge is 0.222 e. The van der Waals surface area contributed by atoms with Crippen LogP contribution in [0.2, 0.25) is 0 Å². The minimum absolute atomic E-state index is 0.293. The number of nitrogen functional groups attached to an aromatic ring is 1. The van der Waals surface area contributed by atoms with Crippen LogP contribution < -0.4 is 15.4 Å². The van der Waals surface area contributed by atoms with E-state index in [9.17, 15) is 0 Å². The van der Waals surface area contributed by atoms with Gasteiger partial charge >= 0.3 is 0 Å². The van der Waals surface area contributed by atoms with Crippen LogP contribution in [0, 0.1) is 6.92 Å². The van der Waals surface area contributed by atoms with Gasteiger partial charge in [-0.2, -0.15) is 4.98 Å². The van der Waals surface area contributed by atoms with Gasteiger partial charge in [-0.05, 0) is 13.0 Å². The maximum absolute atomic E-state index is 5.67. The largest absolute Gasteiger partial charge is 0.496 e. The Kier molecular flexibility index (Phi) is 3.85. The standard InChI is InChI=1S/C14H18N4O/c1-10-8-13(17-14(15)16-10)18(2)9-11-6-4-5-7-12(11)19-3/h4-8H,9H2,1-3H3,(H2,15,16,17). The molecule has 100 valence electrons. The SMILES string of the molecule is COc1ccccc1CN(C)c1cc(C)nc(N)n1.